The molecule has 10 heteroatoms. The monoisotopic (exact) mass is 444 g/mol. The van der Waals surface area contributed by atoms with E-state index in [1.165, 1.54) is 12.1 Å². The van der Waals surface area contributed by atoms with E-state index in [9.17, 15) is 13.2 Å². The average Bonchev–Trinajstić information content (AvgIpc) is 3.17. The molecular formula is C20H27F3N4O2S. The first-order valence-corrected chi connectivity index (χ1v) is 10.4. The quantitative estimate of drug-likeness (QED) is 0.354. The minimum atomic E-state index is -4.35. The number of ether oxygens (including phenoxy) is 2. The Morgan fingerprint density at radius 3 is 2.60 bits per heavy atom. The van der Waals surface area contributed by atoms with Crippen LogP contribution in [-0.4, -0.2) is 49.7 Å². The molecule has 0 radical (unpaired) electrons. The number of alkyl halides is 3. The Morgan fingerprint density at radius 1 is 1.30 bits per heavy atom. The van der Waals surface area contributed by atoms with Crippen LogP contribution in [0.3, 0.4) is 0 Å². The first-order chi connectivity index (χ1) is 14.2. The van der Waals surface area contributed by atoms with Crippen molar-refractivity contribution in [1.82, 2.24) is 15.2 Å². The van der Waals surface area contributed by atoms with Crippen molar-refractivity contribution in [2.45, 2.75) is 32.7 Å². The highest BCUT2D eigenvalue weighted by molar-refractivity contribution is 7.09. The Labute approximate surface area is 178 Å². The molecule has 0 aliphatic carbocycles. The third kappa shape index (κ3) is 7.17. The van der Waals surface area contributed by atoms with Gasteiger partial charge in [-0.15, -0.1) is 11.3 Å². The molecule has 1 aromatic carbocycles. The highest BCUT2D eigenvalue weighted by atomic mass is 32.1. The van der Waals surface area contributed by atoms with Gasteiger partial charge in [-0.25, -0.2) is 9.98 Å². The van der Waals surface area contributed by atoms with E-state index in [-0.39, 0.29) is 12.7 Å². The van der Waals surface area contributed by atoms with Crippen molar-refractivity contribution in [2.75, 3.05) is 33.9 Å². The van der Waals surface area contributed by atoms with Crippen LogP contribution in [0, 0.1) is 0 Å². The molecule has 0 amide bonds. The van der Waals surface area contributed by atoms with E-state index in [0.29, 0.717) is 31.3 Å². The molecule has 0 aliphatic heterocycles. The van der Waals surface area contributed by atoms with Gasteiger partial charge in [0.1, 0.15) is 23.5 Å². The average molecular weight is 445 g/mol. The van der Waals surface area contributed by atoms with Gasteiger partial charge in [0, 0.05) is 26.1 Å². The summed E-state index contributed by atoms with van der Waals surface area (Å²) < 4.78 is 48.6. The number of halogens is 3. The zero-order valence-corrected chi connectivity index (χ0v) is 18.3. The smallest absolute Gasteiger partial charge is 0.416 e. The van der Waals surface area contributed by atoms with E-state index >= 15 is 0 Å². The molecule has 0 bridgehead atoms. The summed E-state index contributed by atoms with van der Waals surface area (Å²) in [5.74, 6) is 1.07. The van der Waals surface area contributed by atoms with Crippen LogP contribution in [0.1, 0.15) is 36.2 Å². The lowest BCUT2D eigenvalue weighted by atomic mass is 10.2. The molecule has 0 fully saturated rings. The van der Waals surface area contributed by atoms with E-state index in [1.807, 2.05) is 31.2 Å². The summed E-state index contributed by atoms with van der Waals surface area (Å²) in [6.07, 6.45) is -4.40. The third-order valence-corrected chi connectivity index (χ3v) is 5.22. The highest BCUT2D eigenvalue weighted by Gasteiger charge is 2.30. The van der Waals surface area contributed by atoms with Crippen molar-refractivity contribution in [3.8, 4) is 5.75 Å². The Balaban J connectivity index is 1.89. The normalized spacial score (nSPS) is 13.2. The Bertz CT molecular complexity index is 809. The molecule has 0 aliphatic rings. The van der Waals surface area contributed by atoms with Crippen LogP contribution in [0.4, 0.5) is 13.2 Å². The van der Waals surface area contributed by atoms with Crippen molar-refractivity contribution in [1.29, 1.82) is 0 Å². The zero-order chi connectivity index (χ0) is 22.1. The van der Waals surface area contributed by atoms with E-state index < -0.39 is 11.7 Å². The lowest BCUT2D eigenvalue weighted by Gasteiger charge is -2.21. The molecule has 1 atom stereocenters. The summed E-state index contributed by atoms with van der Waals surface area (Å²) in [5, 5.41) is 6.13. The van der Waals surface area contributed by atoms with E-state index in [1.54, 1.807) is 18.4 Å². The number of hydrogen-bond donors (Lipinski definition) is 1. The minimum absolute atomic E-state index is 0.0432. The van der Waals surface area contributed by atoms with Gasteiger partial charge < -0.3 is 19.7 Å². The fourth-order valence-electron chi connectivity index (χ4n) is 2.53. The van der Waals surface area contributed by atoms with Gasteiger partial charge in [0.2, 0.25) is 0 Å². The van der Waals surface area contributed by atoms with Crippen molar-refractivity contribution >= 4 is 17.3 Å². The number of thiazole rings is 1. The minimum Gasteiger partial charge on any atom is -0.492 e. The lowest BCUT2D eigenvalue weighted by molar-refractivity contribution is -0.137. The Morgan fingerprint density at radius 2 is 2.00 bits per heavy atom. The van der Waals surface area contributed by atoms with Crippen LogP contribution < -0.4 is 10.1 Å². The van der Waals surface area contributed by atoms with Crippen LogP contribution >= 0.6 is 11.3 Å². The van der Waals surface area contributed by atoms with E-state index in [4.69, 9.17) is 9.47 Å². The second kappa shape index (κ2) is 11.2. The van der Waals surface area contributed by atoms with E-state index in [0.717, 1.165) is 22.8 Å². The predicted octanol–water partition coefficient (Wildman–Crippen LogP) is 4.35. The molecule has 2 aromatic rings. The van der Waals surface area contributed by atoms with Crippen molar-refractivity contribution in [2.24, 2.45) is 4.99 Å². The van der Waals surface area contributed by atoms with Gasteiger partial charge in [0.25, 0.3) is 0 Å². The number of aliphatic imine (C=N–C) groups is 1. The third-order valence-electron chi connectivity index (χ3n) is 4.17. The fourth-order valence-corrected chi connectivity index (χ4v) is 3.37. The zero-order valence-electron chi connectivity index (χ0n) is 17.5. The first kappa shape index (κ1) is 23.9. The maximum Gasteiger partial charge on any atom is 0.416 e. The van der Waals surface area contributed by atoms with Gasteiger partial charge >= 0.3 is 6.18 Å². The standard InChI is InChI=1S/C20H27F3N4O2S/c1-5-24-19(27(3)12-16-13-30-18(26-16)14(2)28-4)25-10-11-29-17-8-6-15(7-9-17)20(21,22)23/h6-9,13-14H,5,10-12H2,1-4H3,(H,24,25). The second-order valence-electron chi connectivity index (χ2n) is 6.52. The van der Waals surface area contributed by atoms with Crippen molar-refractivity contribution in [3.63, 3.8) is 0 Å². The van der Waals surface area contributed by atoms with Crippen LogP contribution in [-0.2, 0) is 17.5 Å². The van der Waals surface area contributed by atoms with Gasteiger partial charge in [-0.1, -0.05) is 0 Å². The van der Waals surface area contributed by atoms with Crippen LogP contribution in [0.5, 0.6) is 5.75 Å². The molecule has 1 heterocycles. The van der Waals surface area contributed by atoms with E-state index in [2.05, 4.69) is 15.3 Å². The second-order valence-corrected chi connectivity index (χ2v) is 7.41. The maximum absolute atomic E-state index is 12.6. The summed E-state index contributed by atoms with van der Waals surface area (Å²) in [6, 6.07) is 4.63. The predicted molar refractivity (Wildman–Crippen MR) is 112 cm³/mol. The van der Waals surface area contributed by atoms with Crippen LogP contribution in [0.2, 0.25) is 0 Å². The molecule has 6 nitrogen and oxygen atoms in total. The molecular weight excluding hydrogens is 417 g/mol. The molecule has 2 rings (SSSR count). The number of nitrogens with one attached hydrogen (secondary N) is 1. The maximum atomic E-state index is 12.6. The first-order valence-electron chi connectivity index (χ1n) is 9.51. The highest BCUT2D eigenvalue weighted by Crippen LogP contribution is 2.30. The summed E-state index contributed by atoms with van der Waals surface area (Å²) in [5.41, 5.74) is 0.224. The molecule has 1 aromatic heterocycles. The van der Waals surface area contributed by atoms with Crippen molar-refractivity contribution < 1.29 is 22.6 Å². The summed E-state index contributed by atoms with van der Waals surface area (Å²) in [4.78, 5) is 11.1. The van der Waals surface area contributed by atoms with Crippen molar-refractivity contribution in [3.05, 3.63) is 45.9 Å². The number of guanidine groups is 1. The summed E-state index contributed by atoms with van der Waals surface area (Å²) >= 11 is 1.56. The number of aromatic nitrogens is 1. The number of nitrogens with zero attached hydrogens (tertiary/aromatic N) is 3. The molecule has 0 spiro atoms. The van der Waals surface area contributed by atoms with Gasteiger partial charge in [-0.3, -0.25) is 0 Å². The van der Waals surface area contributed by atoms with Gasteiger partial charge in [0.05, 0.1) is 24.3 Å². The molecule has 166 valence electrons. The van der Waals surface area contributed by atoms with Gasteiger partial charge in [-0.05, 0) is 38.1 Å². The topological polar surface area (TPSA) is 59.0 Å². The molecule has 1 N–H and O–H groups in total. The molecule has 30 heavy (non-hydrogen) atoms. The molecule has 1 unspecified atom stereocenters. The lowest BCUT2D eigenvalue weighted by Crippen LogP contribution is -2.38. The number of methoxy groups -OCH3 is 1. The largest absolute Gasteiger partial charge is 0.492 e. The van der Waals surface area contributed by atoms with Crippen LogP contribution in [0.25, 0.3) is 0 Å². The number of benzene rings is 1. The Hall–Kier alpha value is -2.33. The SMILES string of the molecule is CCNC(=NCCOc1ccc(C(F)(F)F)cc1)N(C)Cc1csc(C(C)OC)n1. The number of hydrogen-bond acceptors (Lipinski definition) is 5. The van der Waals surface area contributed by atoms with Crippen LogP contribution in [0.15, 0.2) is 34.6 Å². The number of rotatable bonds is 9. The fraction of sp³-hybridized carbons (Fsp3) is 0.500. The molecule has 0 saturated heterocycles. The molecule has 0 saturated carbocycles. The van der Waals surface area contributed by atoms with Gasteiger partial charge in [-0.2, -0.15) is 13.2 Å². The summed E-state index contributed by atoms with van der Waals surface area (Å²) in [6.45, 7) is 5.82. The van der Waals surface area contributed by atoms with Gasteiger partial charge in [0.15, 0.2) is 5.96 Å². The summed E-state index contributed by atoms with van der Waals surface area (Å²) in [7, 11) is 3.57. The Kier molecular flexibility index (Phi) is 8.91.